The topological polar surface area (TPSA) is 69.1 Å². The molecule has 0 amide bonds. The molecule has 0 heterocycles. The van der Waals surface area contributed by atoms with Gasteiger partial charge in [-0.1, -0.05) is 44.9 Å². The Morgan fingerprint density at radius 3 is 1.69 bits per heavy atom. The first-order chi connectivity index (χ1) is 7.81. The van der Waals surface area contributed by atoms with E-state index in [4.69, 9.17) is 11.5 Å². The molecular formula is C13H26N2O. The predicted octanol–water partition coefficient (Wildman–Crippen LogP) is 2.52. The van der Waals surface area contributed by atoms with Gasteiger partial charge in [0.1, 0.15) is 5.94 Å². The van der Waals surface area contributed by atoms with Gasteiger partial charge in [-0.05, 0) is 25.8 Å². The van der Waals surface area contributed by atoms with Crippen LogP contribution in [0.2, 0.25) is 0 Å². The van der Waals surface area contributed by atoms with Crippen LogP contribution in [0.15, 0.2) is 5.70 Å². The molecule has 0 aromatic carbocycles. The van der Waals surface area contributed by atoms with Crippen molar-refractivity contribution in [3.63, 3.8) is 0 Å². The van der Waals surface area contributed by atoms with E-state index in [1.165, 1.54) is 44.9 Å². The Balaban J connectivity index is 3.01. The Morgan fingerprint density at radius 1 is 0.812 bits per heavy atom. The fourth-order valence-electron chi connectivity index (χ4n) is 1.75. The molecule has 0 aromatic heterocycles. The van der Waals surface area contributed by atoms with Crippen LogP contribution >= 0.6 is 0 Å². The summed E-state index contributed by atoms with van der Waals surface area (Å²) in [6.45, 7) is 0.825. The molecule has 0 aromatic rings. The van der Waals surface area contributed by atoms with Gasteiger partial charge in [-0.25, -0.2) is 4.79 Å². The van der Waals surface area contributed by atoms with E-state index in [1.807, 2.05) is 0 Å². The molecule has 16 heavy (non-hydrogen) atoms. The van der Waals surface area contributed by atoms with Gasteiger partial charge in [0.2, 0.25) is 0 Å². The van der Waals surface area contributed by atoms with Crippen molar-refractivity contribution in [3.8, 4) is 0 Å². The van der Waals surface area contributed by atoms with Crippen LogP contribution in [0.1, 0.15) is 64.2 Å². The molecule has 0 rings (SSSR count). The zero-order valence-electron chi connectivity index (χ0n) is 10.3. The van der Waals surface area contributed by atoms with Crippen molar-refractivity contribution in [3.05, 3.63) is 5.70 Å². The maximum atomic E-state index is 10.1. The van der Waals surface area contributed by atoms with Crippen LogP contribution in [0.5, 0.6) is 0 Å². The van der Waals surface area contributed by atoms with Gasteiger partial charge in [-0.2, -0.15) is 0 Å². The molecular weight excluding hydrogens is 200 g/mol. The molecule has 3 nitrogen and oxygen atoms in total. The minimum atomic E-state index is 0.363. The number of nitrogens with two attached hydrogens (primary N) is 2. The first kappa shape index (κ1) is 15.2. The standard InChI is InChI=1S/C13H26N2O/c14-11-9-7-5-3-1-2-4-6-8-10-13(15)12-16/h1-11,14-15H2. The van der Waals surface area contributed by atoms with E-state index in [0.29, 0.717) is 12.1 Å². The van der Waals surface area contributed by atoms with Crippen LogP contribution in [0, 0.1) is 0 Å². The summed E-state index contributed by atoms with van der Waals surface area (Å²) in [7, 11) is 0. The van der Waals surface area contributed by atoms with E-state index in [1.54, 1.807) is 5.94 Å². The van der Waals surface area contributed by atoms with Crippen LogP contribution < -0.4 is 11.5 Å². The molecule has 94 valence electrons. The quantitative estimate of drug-likeness (QED) is 0.420. The van der Waals surface area contributed by atoms with Gasteiger partial charge in [0.15, 0.2) is 0 Å². The molecule has 0 saturated carbocycles. The number of hydrogen-bond acceptors (Lipinski definition) is 3. The van der Waals surface area contributed by atoms with Crippen LogP contribution in [-0.2, 0) is 4.79 Å². The highest BCUT2D eigenvalue weighted by atomic mass is 16.1. The summed E-state index contributed by atoms with van der Waals surface area (Å²) in [4.78, 5) is 10.1. The summed E-state index contributed by atoms with van der Waals surface area (Å²) in [6, 6.07) is 0. The SMILES string of the molecule is NCCCCCCCCCCCC(N)=C=O. The predicted molar refractivity (Wildman–Crippen MR) is 68.6 cm³/mol. The number of allylic oxidation sites excluding steroid dienone is 1. The Hall–Kier alpha value is -0.790. The van der Waals surface area contributed by atoms with Crippen molar-refractivity contribution in [1.82, 2.24) is 0 Å². The third-order valence-corrected chi connectivity index (χ3v) is 2.78. The first-order valence-electron chi connectivity index (χ1n) is 6.50. The fourth-order valence-corrected chi connectivity index (χ4v) is 1.75. The third kappa shape index (κ3) is 11.3. The first-order valence-corrected chi connectivity index (χ1v) is 6.50. The second-order valence-corrected chi connectivity index (χ2v) is 4.35. The van der Waals surface area contributed by atoms with Gasteiger partial charge in [0.25, 0.3) is 0 Å². The largest absolute Gasteiger partial charge is 0.393 e. The van der Waals surface area contributed by atoms with Crippen LogP contribution in [0.4, 0.5) is 0 Å². The Labute approximate surface area is 99.3 Å². The normalized spacial score (nSPS) is 10.1. The van der Waals surface area contributed by atoms with Crippen LogP contribution in [0.25, 0.3) is 0 Å². The molecule has 0 radical (unpaired) electrons. The summed E-state index contributed by atoms with van der Waals surface area (Å²) in [5.41, 5.74) is 11.1. The fraction of sp³-hybridized carbons (Fsp3) is 0.846. The van der Waals surface area contributed by atoms with Crippen molar-refractivity contribution in [1.29, 1.82) is 0 Å². The average Bonchev–Trinajstić information content (AvgIpc) is 2.31. The second-order valence-electron chi connectivity index (χ2n) is 4.35. The molecule has 0 aliphatic rings. The average molecular weight is 226 g/mol. The molecule has 0 saturated heterocycles. The minimum Gasteiger partial charge on any atom is -0.393 e. The lowest BCUT2D eigenvalue weighted by atomic mass is 10.1. The van der Waals surface area contributed by atoms with Crippen molar-refractivity contribution in [2.75, 3.05) is 6.54 Å². The van der Waals surface area contributed by atoms with Crippen molar-refractivity contribution < 1.29 is 4.79 Å². The molecule has 0 fully saturated rings. The van der Waals surface area contributed by atoms with Crippen LogP contribution in [-0.4, -0.2) is 12.5 Å². The number of unbranched alkanes of at least 4 members (excludes halogenated alkanes) is 8. The van der Waals surface area contributed by atoms with E-state index in [-0.39, 0.29) is 0 Å². The van der Waals surface area contributed by atoms with E-state index in [9.17, 15) is 4.79 Å². The molecule has 0 aliphatic heterocycles. The smallest absolute Gasteiger partial charge is 0.145 e. The molecule has 0 atom stereocenters. The summed E-state index contributed by atoms with van der Waals surface area (Å²) in [5, 5.41) is 0. The number of hydrogen-bond donors (Lipinski definition) is 2. The van der Waals surface area contributed by atoms with E-state index in [2.05, 4.69) is 0 Å². The van der Waals surface area contributed by atoms with Gasteiger partial charge in [0, 0.05) is 0 Å². The Kier molecular flexibility index (Phi) is 11.7. The third-order valence-electron chi connectivity index (χ3n) is 2.78. The molecule has 0 bridgehead atoms. The van der Waals surface area contributed by atoms with Gasteiger partial charge < -0.3 is 11.5 Å². The van der Waals surface area contributed by atoms with E-state index >= 15 is 0 Å². The van der Waals surface area contributed by atoms with E-state index in [0.717, 1.165) is 19.4 Å². The van der Waals surface area contributed by atoms with Crippen molar-refractivity contribution in [2.24, 2.45) is 11.5 Å². The lowest BCUT2D eigenvalue weighted by Crippen LogP contribution is -1.97. The van der Waals surface area contributed by atoms with Gasteiger partial charge in [0.05, 0.1) is 5.70 Å². The maximum absolute atomic E-state index is 10.1. The molecule has 0 spiro atoms. The highest BCUT2D eigenvalue weighted by Crippen LogP contribution is 2.10. The summed E-state index contributed by atoms with van der Waals surface area (Å²) in [5.74, 6) is 1.73. The van der Waals surface area contributed by atoms with Gasteiger partial charge in [-0.3, -0.25) is 0 Å². The summed E-state index contributed by atoms with van der Waals surface area (Å²) in [6.07, 6.45) is 11.9. The molecule has 3 heteroatoms. The highest BCUT2D eigenvalue weighted by molar-refractivity contribution is 5.50. The maximum Gasteiger partial charge on any atom is 0.145 e. The van der Waals surface area contributed by atoms with E-state index < -0.39 is 0 Å². The Bertz CT molecular complexity index is 198. The molecule has 4 N–H and O–H groups in total. The number of rotatable bonds is 11. The second kappa shape index (κ2) is 12.3. The van der Waals surface area contributed by atoms with Gasteiger partial charge >= 0.3 is 0 Å². The van der Waals surface area contributed by atoms with Crippen molar-refractivity contribution >= 4 is 5.94 Å². The van der Waals surface area contributed by atoms with Crippen molar-refractivity contribution in [2.45, 2.75) is 64.2 Å². The zero-order chi connectivity index (χ0) is 12.1. The lowest BCUT2D eigenvalue weighted by Gasteiger charge is -2.01. The van der Waals surface area contributed by atoms with Gasteiger partial charge in [-0.15, -0.1) is 0 Å². The van der Waals surface area contributed by atoms with Crippen LogP contribution in [0.3, 0.4) is 0 Å². The molecule has 0 aliphatic carbocycles. The number of carbonyl (C=O) groups excluding carboxylic acids is 1. The molecule has 0 unspecified atom stereocenters. The summed E-state index contributed by atoms with van der Waals surface area (Å²) >= 11 is 0. The summed E-state index contributed by atoms with van der Waals surface area (Å²) < 4.78 is 0. The zero-order valence-corrected chi connectivity index (χ0v) is 10.3. The monoisotopic (exact) mass is 226 g/mol. The highest BCUT2D eigenvalue weighted by Gasteiger charge is 1.94. The Morgan fingerprint density at radius 2 is 1.25 bits per heavy atom. The lowest BCUT2D eigenvalue weighted by molar-refractivity contribution is 0.554. The minimum absolute atomic E-state index is 0.363.